The first-order valence-corrected chi connectivity index (χ1v) is 7.79. The van der Waals surface area contributed by atoms with Gasteiger partial charge in [-0.15, -0.1) is 11.3 Å². The Morgan fingerprint density at radius 1 is 1.47 bits per heavy atom. The van der Waals surface area contributed by atoms with Gasteiger partial charge in [-0.1, -0.05) is 0 Å². The number of aryl methyl sites for hydroxylation is 3. The van der Waals surface area contributed by atoms with E-state index < -0.39 is 0 Å². The lowest BCUT2D eigenvalue weighted by Crippen LogP contribution is -2.20. The Bertz CT molecular complexity index is 536. The molecule has 3 rings (SSSR count). The average Bonchev–Trinajstić information content (AvgIpc) is 3.10. The van der Waals surface area contributed by atoms with E-state index in [0.29, 0.717) is 6.04 Å². The second-order valence-electron chi connectivity index (χ2n) is 4.99. The van der Waals surface area contributed by atoms with Crippen molar-refractivity contribution in [2.75, 3.05) is 7.05 Å². The number of nitrogens with zero attached hydrogens (tertiary/aromatic N) is 3. The molecule has 4 nitrogen and oxygen atoms in total. The highest BCUT2D eigenvalue weighted by molar-refractivity contribution is 7.12. The van der Waals surface area contributed by atoms with Crippen molar-refractivity contribution in [3.05, 3.63) is 33.5 Å². The van der Waals surface area contributed by atoms with Crippen LogP contribution in [0.2, 0.25) is 0 Å². The van der Waals surface area contributed by atoms with Crippen molar-refractivity contribution in [1.29, 1.82) is 0 Å². The van der Waals surface area contributed by atoms with E-state index >= 15 is 0 Å². The van der Waals surface area contributed by atoms with Crippen molar-refractivity contribution in [1.82, 2.24) is 20.1 Å². The van der Waals surface area contributed by atoms with Crippen molar-refractivity contribution in [2.45, 2.75) is 45.2 Å². The van der Waals surface area contributed by atoms with Gasteiger partial charge in [-0.25, -0.2) is 4.98 Å². The maximum atomic E-state index is 4.38. The third kappa shape index (κ3) is 2.44. The van der Waals surface area contributed by atoms with Gasteiger partial charge < -0.3 is 5.32 Å². The lowest BCUT2D eigenvalue weighted by atomic mass is 10.1. The molecule has 0 spiro atoms. The normalized spacial score (nSPS) is 15.7. The van der Waals surface area contributed by atoms with E-state index in [1.165, 1.54) is 24.1 Å². The molecule has 0 aromatic carbocycles. The van der Waals surface area contributed by atoms with Crippen molar-refractivity contribution in [2.24, 2.45) is 0 Å². The van der Waals surface area contributed by atoms with Crippen LogP contribution in [-0.2, 0) is 25.8 Å². The molecule has 1 aliphatic rings. The SMILES string of the molecule is CCn1ncnc1CC(NC)c1cc2c(s1)CCC2. The summed E-state index contributed by atoms with van der Waals surface area (Å²) in [6, 6.07) is 2.74. The summed E-state index contributed by atoms with van der Waals surface area (Å²) < 4.78 is 1.98. The molecule has 0 fully saturated rings. The van der Waals surface area contributed by atoms with Gasteiger partial charge in [0.05, 0.1) is 0 Å². The van der Waals surface area contributed by atoms with Gasteiger partial charge in [0.15, 0.2) is 0 Å². The minimum Gasteiger partial charge on any atom is -0.312 e. The van der Waals surface area contributed by atoms with E-state index in [2.05, 4.69) is 28.4 Å². The van der Waals surface area contributed by atoms with Gasteiger partial charge in [0.2, 0.25) is 0 Å². The van der Waals surface area contributed by atoms with Gasteiger partial charge in [-0.3, -0.25) is 4.68 Å². The van der Waals surface area contributed by atoms with Crippen LogP contribution in [0.5, 0.6) is 0 Å². The van der Waals surface area contributed by atoms with Crippen molar-refractivity contribution in [3.63, 3.8) is 0 Å². The molecule has 0 saturated carbocycles. The molecule has 5 heteroatoms. The number of hydrogen-bond acceptors (Lipinski definition) is 4. The van der Waals surface area contributed by atoms with Crippen molar-refractivity contribution >= 4 is 11.3 Å². The Balaban J connectivity index is 1.80. The fourth-order valence-corrected chi connectivity index (χ4v) is 4.13. The molecule has 1 aliphatic carbocycles. The molecule has 2 aromatic rings. The Labute approximate surface area is 117 Å². The van der Waals surface area contributed by atoms with E-state index in [4.69, 9.17) is 0 Å². The zero-order valence-electron chi connectivity index (χ0n) is 11.5. The quantitative estimate of drug-likeness (QED) is 0.911. The largest absolute Gasteiger partial charge is 0.312 e. The molecule has 0 radical (unpaired) electrons. The monoisotopic (exact) mass is 276 g/mol. The molecule has 0 amide bonds. The molecule has 2 aromatic heterocycles. The third-order valence-electron chi connectivity index (χ3n) is 3.84. The maximum Gasteiger partial charge on any atom is 0.138 e. The Morgan fingerprint density at radius 2 is 2.37 bits per heavy atom. The predicted octanol–water partition coefficient (Wildman–Crippen LogP) is 2.35. The Hall–Kier alpha value is -1.20. The molecule has 1 unspecified atom stereocenters. The summed E-state index contributed by atoms with van der Waals surface area (Å²) in [7, 11) is 2.03. The van der Waals surface area contributed by atoms with Crippen molar-refractivity contribution < 1.29 is 0 Å². The number of hydrogen-bond donors (Lipinski definition) is 1. The number of rotatable bonds is 5. The van der Waals surface area contributed by atoms with Crippen LogP contribution in [0.15, 0.2) is 12.4 Å². The van der Waals surface area contributed by atoms with E-state index in [-0.39, 0.29) is 0 Å². The van der Waals surface area contributed by atoms with E-state index in [1.807, 2.05) is 23.1 Å². The summed E-state index contributed by atoms with van der Waals surface area (Å²) >= 11 is 1.97. The van der Waals surface area contributed by atoms with Crippen LogP contribution in [-0.4, -0.2) is 21.8 Å². The second kappa shape index (κ2) is 5.43. The summed E-state index contributed by atoms with van der Waals surface area (Å²) in [5.41, 5.74) is 1.57. The summed E-state index contributed by atoms with van der Waals surface area (Å²) in [5.74, 6) is 1.07. The third-order valence-corrected chi connectivity index (χ3v) is 5.19. The van der Waals surface area contributed by atoms with Gasteiger partial charge in [-0.05, 0) is 44.9 Å². The molecule has 0 aliphatic heterocycles. The molecule has 2 heterocycles. The number of nitrogens with one attached hydrogen (secondary N) is 1. The summed E-state index contributed by atoms with van der Waals surface area (Å²) in [5, 5.41) is 7.67. The second-order valence-corrected chi connectivity index (χ2v) is 6.16. The fourth-order valence-electron chi connectivity index (χ4n) is 2.76. The predicted molar refractivity (Wildman–Crippen MR) is 77.5 cm³/mol. The first-order chi connectivity index (χ1) is 9.31. The molecule has 19 heavy (non-hydrogen) atoms. The van der Waals surface area contributed by atoms with Crippen LogP contribution in [0, 0.1) is 0 Å². The van der Waals surface area contributed by atoms with E-state index in [9.17, 15) is 0 Å². The van der Waals surface area contributed by atoms with Gasteiger partial charge in [0.25, 0.3) is 0 Å². The van der Waals surface area contributed by atoms with Crippen LogP contribution in [0.4, 0.5) is 0 Å². The highest BCUT2D eigenvalue weighted by Crippen LogP contribution is 2.34. The first-order valence-electron chi connectivity index (χ1n) is 6.97. The van der Waals surface area contributed by atoms with Gasteiger partial charge >= 0.3 is 0 Å². The molecule has 1 N–H and O–H groups in total. The molecule has 1 atom stereocenters. The Kier molecular flexibility index (Phi) is 3.66. The smallest absolute Gasteiger partial charge is 0.138 e. The first kappa shape index (κ1) is 12.8. The molecule has 0 saturated heterocycles. The minimum atomic E-state index is 0.352. The van der Waals surface area contributed by atoms with Crippen LogP contribution < -0.4 is 5.32 Å². The summed E-state index contributed by atoms with van der Waals surface area (Å²) in [4.78, 5) is 7.41. The molecular weight excluding hydrogens is 256 g/mol. The number of fused-ring (bicyclic) bond motifs is 1. The van der Waals surface area contributed by atoms with Crippen LogP contribution >= 0.6 is 11.3 Å². The van der Waals surface area contributed by atoms with Crippen LogP contribution in [0.1, 0.15) is 40.5 Å². The van der Waals surface area contributed by atoms with Gasteiger partial charge in [0, 0.05) is 28.8 Å². The summed E-state index contributed by atoms with van der Waals surface area (Å²) in [6.45, 7) is 2.99. The standard InChI is InChI=1S/C14H20N4S/c1-3-18-14(16-9-17-18)8-11(15-2)13-7-10-5-4-6-12(10)19-13/h7,9,11,15H,3-6,8H2,1-2H3. The maximum absolute atomic E-state index is 4.38. The minimum absolute atomic E-state index is 0.352. The van der Waals surface area contributed by atoms with Crippen LogP contribution in [0.25, 0.3) is 0 Å². The number of thiophene rings is 1. The zero-order chi connectivity index (χ0) is 13.2. The fraction of sp³-hybridized carbons (Fsp3) is 0.571. The van der Waals surface area contributed by atoms with E-state index in [0.717, 1.165) is 18.8 Å². The lowest BCUT2D eigenvalue weighted by molar-refractivity contribution is 0.539. The topological polar surface area (TPSA) is 42.7 Å². The molecule has 102 valence electrons. The van der Waals surface area contributed by atoms with Gasteiger partial charge in [-0.2, -0.15) is 5.10 Å². The van der Waals surface area contributed by atoms with E-state index in [1.54, 1.807) is 16.8 Å². The number of aromatic nitrogens is 3. The summed E-state index contributed by atoms with van der Waals surface area (Å²) in [6.07, 6.45) is 6.41. The van der Waals surface area contributed by atoms with Gasteiger partial charge in [0.1, 0.15) is 12.2 Å². The average molecular weight is 276 g/mol. The highest BCUT2D eigenvalue weighted by atomic mass is 32.1. The zero-order valence-corrected chi connectivity index (χ0v) is 12.3. The molecular formula is C14H20N4S. The molecule has 0 bridgehead atoms. The highest BCUT2D eigenvalue weighted by Gasteiger charge is 2.20. The van der Waals surface area contributed by atoms with Crippen molar-refractivity contribution in [3.8, 4) is 0 Å². The number of likely N-dealkylation sites (N-methyl/N-ethyl adjacent to an activating group) is 1. The van der Waals surface area contributed by atoms with Crippen LogP contribution in [0.3, 0.4) is 0 Å². The Morgan fingerprint density at radius 3 is 3.11 bits per heavy atom. The lowest BCUT2D eigenvalue weighted by Gasteiger charge is -2.14.